The molecular weight excluding hydrogens is 512 g/mol. The summed E-state index contributed by atoms with van der Waals surface area (Å²) in [5.74, 6) is 1.65. The molecule has 2 aromatic carbocycles. The second-order valence-electron chi connectivity index (χ2n) is 9.03. The highest BCUT2D eigenvalue weighted by atomic mass is 32.2. The molecule has 0 aliphatic carbocycles. The number of thiocarbonyl (C=S) groups is 1. The Bertz CT molecular complexity index is 1290. The van der Waals surface area contributed by atoms with Gasteiger partial charge in [-0.15, -0.1) is 5.10 Å². The predicted molar refractivity (Wildman–Crippen MR) is 162 cm³/mol. The molecule has 4 rings (SSSR count). The minimum absolute atomic E-state index is 0.590. The molecule has 2 aromatic heterocycles. The maximum Gasteiger partial charge on any atom is 0.191 e. The highest BCUT2D eigenvalue weighted by Gasteiger charge is 2.15. The van der Waals surface area contributed by atoms with Crippen molar-refractivity contribution in [2.75, 3.05) is 29.5 Å². The highest BCUT2D eigenvalue weighted by molar-refractivity contribution is 7.99. The van der Waals surface area contributed by atoms with Crippen molar-refractivity contribution in [2.45, 2.75) is 57.7 Å². The molecule has 0 aliphatic heterocycles. The number of benzene rings is 2. The van der Waals surface area contributed by atoms with E-state index < -0.39 is 0 Å². The first-order valence-electron chi connectivity index (χ1n) is 13.3. The number of rotatable bonds is 14. The second-order valence-corrected chi connectivity index (χ2v) is 10.5. The Morgan fingerprint density at radius 1 is 0.921 bits per heavy atom. The zero-order valence-corrected chi connectivity index (χ0v) is 23.7. The molecule has 8 nitrogen and oxygen atoms in total. The Labute approximate surface area is 234 Å². The van der Waals surface area contributed by atoms with E-state index in [4.69, 9.17) is 22.2 Å². The second kappa shape index (κ2) is 14.6. The van der Waals surface area contributed by atoms with Crippen LogP contribution >= 0.6 is 24.0 Å². The van der Waals surface area contributed by atoms with Crippen LogP contribution in [0.4, 0.5) is 11.5 Å². The van der Waals surface area contributed by atoms with Gasteiger partial charge in [0.05, 0.1) is 0 Å². The standard InChI is InChI=1S/C28H36N8S2/c1-3-5-9-22-12-14-23(15-13-22)31-27(37)30-18-17-29-25-24-26(33-28(32-25)38-20-4-2)36(35-34-24)19-16-21-10-7-6-8-11-21/h6-8,10-15H,3-5,9,16-20H2,1-2H3,(H,29,32,33)(H2,30,31,37). The number of nitrogens with one attached hydrogen (secondary N) is 3. The Balaban J connectivity index is 1.34. The van der Waals surface area contributed by atoms with E-state index in [1.54, 1.807) is 11.8 Å². The van der Waals surface area contributed by atoms with Crippen molar-refractivity contribution in [3.05, 3.63) is 65.7 Å². The van der Waals surface area contributed by atoms with Gasteiger partial charge in [0.25, 0.3) is 0 Å². The van der Waals surface area contributed by atoms with E-state index in [0.29, 0.717) is 36.1 Å². The van der Waals surface area contributed by atoms with E-state index in [1.165, 1.54) is 24.0 Å². The molecule has 10 heteroatoms. The quantitative estimate of drug-likeness (QED) is 0.0793. The lowest BCUT2D eigenvalue weighted by Gasteiger charge is -2.12. The van der Waals surface area contributed by atoms with Crippen LogP contribution < -0.4 is 16.0 Å². The summed E-state index contributed by atoms with van der Waals surface area (Å²) in [7, 11) is 0. The summed E-state index contributed by atoms with van der Waals surface area (Å²) >= 11 is 7.13. The van der Waals surface area contributed by atoms with Gasteiger partial charge in [0.15, 0.2) is 27.3 Å². The normalized spacial score (nSPS) is 11.0. The molecule has 0 amide bonds. The molecule has 0 atom stereocenters. The van der Waals surface area contributed by atoms with Crippen molar-refractivity contribution in [1.82, 2.24) is 30.3 Å². The lowest BCUT2D eigenvalue weighted by molar-refractivity contribution is 0.600. The number of anilines is 2. The molecule has 0 saturated heterocycles. The van der Waals surface area contributed by atoms with Crippen molar-refractivity contribution in [2.24, 2.45) is 0 Å². The molecule has 2 heterocycles. The Hall–Kier alpha value is -3.24. The van der Waals surface area contributed by atoms with Gasteiger partial charge in [-0.2, -0.15) is 0 Å². The van der Waals surface area contributed by atoms with Crippen LogP contribution in [0.1, 0.15) is 44.2 Å². The fourth-order valence-corrected chi connectivity index (χ4v) is 4.83. The van der Waals surface area contributed by atoms with Crippen molar-refractivity contribution in [3.8, 4) is 0 Å². The topological polar surface area (TPSA) is 92.6 Å². The molecule has 3 N–H and O–H groups in total. The zero-order chi connectivity index (χ0) is 26.6. The fraction of sp³-hybridized carbons (Fsp3) is 0.393. The number of hydrogen-bond acceptors (Lipinski definition) is 7. The average Bonchev–Trinajstić information content (AvgIpc) is 3.36. The molecule has 0 radical (unpaired) electrons. The summed E-state index contributed by atoms with van der Waals surface area (Å²) in [5, 5.41) is 20.0. The summed E-state index contributed by atoms with van der Waals surface area (Å²) < 4.78 is 1.87. The van der Waals surface area contributed by atoms with Crippen LogP contribution in [0.2, 0.25) is 0 Å². The smallest absolute Gasteiger partial charge is 0.191 e. The molecule has 38 heavy (non-hydrogen) atoms. The number of fused-ring (bicyclic) bond motifs is 1. The van der Waals surface area contributed by atoms with Crippen LogP contribution in [0.25, 0.3) is 11.2 Å². The number of nitrogens with zero attached hydrogens (tertiary/aromatic N) is 5. The molecule has 0 spiro atoms. The van der Waals surface area contributed by atoms with Gasteiger partial charge >= 0.3 is 0 Å². The maximum absolute atomic E-state index is 5.48. The van der Waals surface area contributed by atoms with Crippen LogP contribution in [0.15, 0.2) is 59.8 Å². The predicted octanol–water partition coefficient (Wildman–Crippen LogP) is 5.71. The number of thioether (sulfide) groups is 1. The van der Waals surface area contributed by atoms with Crippen molar-refractivity contribution >= 4 is 51.8 Å². The van der Waals surface area contributed by atoms with Gasteiger partial charge in [-0.1, -0.05) is 79.7 Å². The first-order chi connectivity index (χ1) is 18.7. The van der Waals surface area contributed by atoms with Gasteiger partial charge in [0.1, 0.15) is 0 Å². The molecule has 0 fully saturated rings. The van der Waals surface area contributed by atoms with E-state index in [1.807, 2.05) is 10.7 Å². The molecule has 4 aromatic rings. The monoisotopic (exact) mass is 548 g/mol. The third-order valence-corrected chi connectivity index (χ3v) is 7.27. The van der Waals surface area contributed by atoms with Crippen LogP contribution in [0.5, 0.6) is 0 Å². The van der Waals surface area contributed by atoms with Gasteiger partial charge in [-0.3, -0.25) is 0 Å². The summed E-state index contributed by atoms with van der Waals surface area (Å²) in [6.07, 6.45) is 5.44. The molecule has 0 saturated carbocycles. The van der Waals surface area contributed by atoms with Crippen molar-refractivity contribution < 1.29 is 0 Å². The zero-order valence-electron chi connectivity index (χ0n) is 22.1. The minimum Gasteiger partial charge on any atom is -0.366 e. The third-order valence-electron chi connectivity index (χ3n) is 5.97. The van der Waals surface area contributed by atoms with E-state index in [2.05, 4.69) is 88.6 Å². The summed E-state index contributed by atoms with van der Waals surface area (Å²) in [6.45, 7) is 6.32. The Morgan fingerprint density at radius 2 is 1.71 bits per heavy atom. The van der Waals surface area contributed by atoms with Crippen molar-refractivity contribution in [3.63, 3.8) is 0 Å². The average molecular weight is 549 g/mol. The van der Waals surface area contributed by atoms with E-state index in [9.17, 15) is 0 Å². The van der Waals surface area contributed by atoms with Crippen LogP contribution in [0.3, 0.4) is 0 Å². The molecule has 0 aliphatic rings. The van der Waals surface area contributed by atoms with E-state index >= 15 is 0 Å². The summed E-state index contributed by atoms with van der Waals surface area (Å²) in [6, 6.07) is 18.8. The Kier molecular flexibility index (Phi) is 10.7. The van der Waals surface area contributed by atoms with Gasteiger partial charge in [-0.25, -0.2) is 14.6 Å². The summed E-state index contributed by atoms with van der Waals surface area (Å²) in [5.41, 5.74) is 5.03. The SMILES string of the molecule is CCCCc1ccc(NC(=S)NCCNc2nc(SCCC)nc3c2nnn3CCc2ccccc2)cc1. The van der Waals surface area contributed by atoms with Crippen LogP contribution in [0, 0.1) is 0 Å². The molecular formula is C28H36N8S2. The van der Waals surface area contributed by atoms with Crippen LogP contribution in [-0.4, -0.2) is 48.9 Å². The van der Waals surface area contributed by atoms with E-state index in [0.717, 1.165) is 41.5 Å². The Morgan fingerprint density at radius 3 is 2.47 bits per heavy atom. The summed E-state index contributed by atoms with van der Waals surface area (Å²) in [4.78, 5) is 9.51. The number of hydrogen-bond donors (Lipinski definition) is 3. The first-order valence-corrected chi connectivity index (χ1v) is 14.7. The highest BCUT2D eigenvalue weighted by Crippen LogP contribution is 2.23. The van der Waals surface area contributed by atoms with Crippen molar-refractivity contribution in [1.29, 1.82) is 0 Å². The molecule has 0 unspecified atom stereocenters. The maximum atomic E-state index is 5.48. The number of aryl methyl sites for hydroxylation is 3. The minimum atomic E-state index is 0.590. The lowest BCUT2D eigenvalue weighted by atomic mass is 10.1. The van der Waals surface area contributed by atoms with Gasteiger partial charge in [0.2, 0.25) is 0 Å². The fourth-order valence-electron chi connectivity index (χ4n) is 3.92. The van der Waals surface area contributed by atoms with Gasteiger partial charge < -0.3 is 16.0 Å². The van der Waals surface area contributed by atoms with E-state index in [-0.39, 0.29) is 0 Å². The number of aromatic nitrogens is 5. The third kappa shape index (κ3) is 8.13. The molecule has 200 valence electrons. The van der Waals surface area contributed by atoms with Gasteiger partial charge in [0, 0.05) is 31.1 Å². The molecule has 0 bridgehead atoms. The number of unbranched alkanes of at least 4 members (excludes halogenated alkanes) is 1. The lowest BCUT2D eigenvalue weighted by Crippen LogP contribution is -2.32. The van der Waals surface area contributed by atoms with Crippen LogP contribution in [-0.2, 0) is 19.4 Å². The van der Waals surface area contributed by atoms with Gasteiger partial charge in [-0.05, 0) is 61.2 Å². The first kappa shape index (κ1) is 27.8. The largest absolute Gasteiger partial charge is 0.366 e.